The second kappa shape index (κ2) is 6.63. The van der Waals surface area contributed by atoms with Gasteiger partial charge in [-0.25, -0.2) is 0 Å². The van der Waals surface area contributed by atoms with Crippen molar-refractivity contribution in [2.24, 2.45) is 5.41 Å². The molecule has 0 radical (unpaired) electrons. The molecular formula is C18H22N2O4. The minimum Gasteiger partial charge on any atom is -0.481 e. The van der Waals surface area contributed by atoms with Crippen LogP contribution in [0.25, 0.3) is 0 Å². The lowest BCUT2D eigenvalue weighted by Gasteiger charge is -2.23. The second-order valence-electron chi connectivity index (χ2n) is 6.81. The zero-order valence-corrected chi connectivity index (χ0v) is 13.5. The lowest BCUT2D eigenvalue weighted by atomic mass is 9.82. The van der Waals surface area contributed by atoms with Gasteiger partial charge in [0, 0.05) is 12.5 Å². The van der Waals surface area contributed by atoms with Crippen LogP contribution in [0.5, 0.6) is 0 Å². The van der Waals surface area contributed by atoms with Crippen molar-refractivity contribution in [3.63, 3.8) is 0 Å². The summed E-state index contributed by atoms with van der Waals surface area (Å²) in [7, 11) is 0. The van der Waals surface area contributed by atoms with Crippen LogP contribution in [0.15, 0.2) is 24.3 Å². The third kappa shape index (κ3) is 3.58. The average molecular weight is 330 g/mol. The third-order valence-electron chi connectivity index (χ3n) is 4.87. The van der Waals surface area contributed by atoms with Gasteiger partial charge >= 0.3 is 5.97 Å². The van der Waals surface area contributed by atoms with Crippen LogP contribution in [0, 0.1) is 5.41 Å². The first-order valence-electron chi connectivity index (χ1n) is 8.43. The molecule has 3 rings (SSSR count). The predicted molar refractivity (Wildman–Crippen MR) is 88.7 cm³/mol. The van der Waals surface area contributed by atoms with Gasteiger partial charge in [-0.2, -0.15) is 0 Å². The summed E-state index contributed by atoms with van der Waals surface area (Å²) in [6, 6.07) is 7.05. The molecule has 24 heavy (non-hydrogen) atoms. The van der Waals surface area contributed by atoms with Crippen LogP contribution in [-0.4, -0.2) is 28.9 Å². The van der Waals surface area contributed by atoms with E-state index in [1.807, 2.05) is 0 Å². The van der Waals surface area contributed by atoms with Crippen molar-refractivity contribution in [1.29, 1.82) is 0 Å². The van der Waals surface area contributed by atoms with E-state index in [0.717, 1.165) is 25.7 Å². The average Bonchev–Trinajstić information content (AvgIpc) is 3.22. The van der Waals surface area contributed by atoms with Gasteiger partial charge < -0.3 is 15.7 Å². The van der Waals surface area contributed by atoms with E-state index >= 15 is 0 Å². The fourth-order valence-corrected chi connectivity index (χ4v) is 3.30. The highest BCUT2D eigenvalue weighted by Crippen LogP contribution is 2.41. The number of carbonyl (C=O) groups excluding carboxylic acids is 2. The molecule has 0 aliphatic heterocycles. The quantitative estimate of drug-likeness (QED) is 0.747. The van der Waals surface area contributed by atoms with Crippen molar-refractivity contribution in [3.8, 4) is 0 Å². The maximum absolute atomic E-state index is 12.4. The molecule has 2 amide bonds. The number of carbonyl (C=O) groups is 3. The van der Waals surface area contributed by atoms with Gasteiger partial charge in [0.2, 0.25) is 5.91 Å². The molecule has 128 valence electrons. The van der Waals surface area contributed by atoms with Crippen LogP contribution in [-0.2, 0) is 9.59 Å². The summed E-state index contributed by atoms with van der Waals surface area (Å²) in [4.78, 5) is 36.2. The Balaban J connectivity index is 1.70. The van der Waals surface area contributed by atoms with E-state index in [0.29, 0.717) is 24.1 Å². The minimum absolute atomic E-state index is 0.0547. The summed E-state index contributed by atoms with van der Waals surface area (Å²) in [6.45, 7) is 0. The lowest BCUT2D eigenvalue weighted by Crippen LogP contribution is -2.33. The summed E-state index contributed by atoms with van der Waals surface area (Å²) in [5.41, 5.74) is -0.123. The molecule has 0 heterocycles. The normalized spacial score (nSPS) is 18.8. The Kier molecular flexibility index (Phi) is 4.55. The SMILES string of the molecule is O=C(CC1(C(=O)O)CCCC1)Nc1ccccc1C(=O)NC1CC1. The Morgan fingerprint density at radius 2 is 1.79 bits per heavy atom. The van der Waals surface area contributed by atoms with Crippen LogP contribution in [0.2, 0.25) is 0 Å². The van der Waals surface area contributed by atoms with Crippen LogP contribution in [0.4, 0.5) is 5.69 Å². The molecule has 0 atom stereocenters. The molecule has 6 heteroatoms. The highest BCUT2D eigenvalue weighted by atomic mass is 16.4. The fraction of sp³-hybridized carbons (Fsp3) is 0.500. The van der Waals surface area contributed by atoms with Crippen molar-refractivity contribution in [1.82, 2.24) is 5.32 Å². The molecule has 0 saturated heterocycles. The number of nitrogens with one attached hydrogen (secondary N) is 2. The molecule has 2 fully saturated rings. The van der Waals surface area contributed by atoms with Crippen molar-refractivity contribution in [3.05, 3.63) is 29.8 Å². The number of para-hydroxylation sites is 1. The van der Waals surface area contributed by atoms with E-state index in [9.17, 15) is 19.5 Å². The molecule has 2 aliphatic carbocycles. The monoisotopic (exact) mass is 330 g/mol. The molecule has 3 N–H and O–H groups in total. The molecule has 6 nitrogen and oxygen atoms in total. The Hall–Kier alpha value is -2.37. The van der Waals surface area contributed by atoms with Gasteiger partial charge in [-0.1, -0.05) is 25.0 Å². The van der Waals surface area contributed by atoms with Gasteiger partial charge in [-0.15, -0.1) is 0 Å². The van der Waals surface area contributed by atoms with Crippen molar-refractivity contribution in [2.45, 2.75) is 51.0 Å². The van der Waals surface area contributed by atoms with Gasteiger partial charge in [0.25, 0.3) is 5.91 Å². The van der Waals surface area contributed by atoms with Crippen molar-refractivity contribution < 1.29 is 19.5 Å². The number of anilines is 1. The number of carboxylic acids is 1. The highest BCUT2D eigenvalue weighted by molar-refractivity contribution is 6.04. The zero-order valence-electron chi connectivity index (χ0n) is 13.5. The second-order valence-corrected chi connectivity index (χ2v) is 6.81. The van der Waals surface area contributed by atoms with Gasteiger partial charge in [-0.3, -0.25) is 14.4 Å². The van der Waals surface area contributed by atoms with E-state index in [2.05, 4.69) is 10.6 Å². The Labute approximate surface area is 140 Å². The van der Waals surface area contributed by atoms with Gasteiger partial charge in [0.15, 0.2) is 0 Å². The van der Waals surface area contributed by atoms with Crippen LogP contribution < -0.4 is 10.6 Å². The van der Waals surface area contributed by atoms with Crippen LogP contribution >= 0.6 is 0 Å². The number of aliphatic carboxylic acids is 1. The summed E-state index contributed by atoms with van der Waals surface area (Å²) in [6.07, 6.45) is 4.64. The fourth-order valence-electron chi connectivity index (χ4n) is 3.30. The predicted octanol–water partition coefficient (Wildman–Crippen LogP) is 2.55. The largest absolute Gasteiger partial charge is 0.481 e. The van der Waals surface area contributed by atoms with E-state index in [4.69, 9.17) is 0 Å². The summed E-state index contributed by atoms with van der Waals surface area (Å²) in [5, 5.41) is 15.1. The molecule has 0 unspecified atom stereocenters. The lowest BCUT2D eigenvalue weighted by molar-refractivity contribution is -0.150. The topological polar surface area (TPSA) is 95.5 Å². The van der Waals surface area contributed by atoms with E-state index in [1.165, 1.54) is 0 Å². The highest BCUT2D eigenvalue weighted by Gasteiger charge is 2.43. The Bertz CT molecular complexity index is 661. The Morgan fingerprint density at radius 3 is 2.42 bits per heavy atom. The van der Waals surface area contributed by atoms with Crippen molar-refractivity contribution in [2.75, 3.05) is 5.32 Å². The first-order valence-corrected chi connectivity index (χ1v) is 8.43. The summed E-state index contributed by atoms with van der Waals surface area (Å²) in [5.74, 6) is -1.47. The smallest absolute Gasteiger partial charge is 0.310 e. The maximum Gasteiger partial charge on any atom is 0.310 e. The standard InChI is InChI=1S/C18H22N2O4/c21-15(11-18(17(23)24)9-3-4-10-18)20-14-6-2-1-5-13(14)16(22)19-12-7-8-12/h1-2,5-6,12H,3-4,7-11H2,(H,19,22)(H,20,21)(H,23,24). The first-order chi connectivity index (χ1) is 11.5. The number of benzene rings is 1. The van der Waals surface area contributed by atoms with Crippen LogP contribution in [0.1, 0.15) is 55.3 Å². The number of hydrogen-bond acceptors (Lipinski definition) is 3. The molecule has 2 saturated carbocycles. The molecule has 1 aromatic rings. The first kappa shape index (κ1) is 16.5. The number of amides is 2. The van der Waals surface area contributed by atoms with Gasteiger partial charge in [0.1, 0.15) is 0 Å². The molecule has 2 aliphatic rings. The van der Waals surface area contributed by atoms with Gasteiger partial charge in [0.05, 0.1) is 16.7 Å². The minimum atomic E-state index is -0.963. The number of rotatable bonds is 6. The molecular weight excluding hydrogens is 308 g/mol. The molecule has 1 aromatic carbocycles. The van der Waals surface area contributed by atoms with E-state index in [-0.39, 0.29) is 24.3 Å². The van der Waals surface area contributed by atoms with Gasteiger partial charge in [-0.05, 0) is 37.8 Å². The maximum atomic E-state index is 12.4. The number of hydrogen-bond donors (Lipinski definition) is 3. The number of carboxylic acid groups (broad SMARTS) is 1. The molecule has 0 spiro atoms. The Morgan fingerprint density at radius 1 is 1.12 bits per heavy atom. The van der Waals surface area contributed by atoms with Crippen LogP contribution in [0.3, 0.4) is 0 Å². The third-order valence-corrected chi connectivity index (χ3v) is 4.87. The van der Waals surface area contributed by atoms with E-state index in [1.54, 1.807) is 24.3 Å². The zero-order chi connectivity index (χ0) is 17.2. The van der Waals surface area contributed by atoms with E-state index < -0.39 is 11.4 Å². The molecule has 0 aromatic heterocycles. The van der Waals surface area contributed by atoms with Crippen molar-refractivity contribution >= 4 is 23.5 Å². The molecule has 0 bridgehead atoms. The summed E-state index contributed by atoms with van der Waals surface area (Å²) < 4.78 is 0. The summed E-state index contributed by atoms with van der Waals surface area (Å²) >= 11 is 0.